The van der Waals surface area contributed by atoms with E-state index in [1.807, 2.05) is 0 Å². The van der Waals surface area contributed by atoms with E-state index in [9.17, 15) is 56.7 Å². The van der Waals surface area contributed by atoms with Crippen LogP contribution in [0.15, 0.2) is 0 Å². The standard InChI is InChI=1S/C9H9F11O6S/c10-5(11,4-24-2-1-3-27(21,22)23)25-8(17,18)9(19,20)26-7(15,16)6(12,13)14/h1-4H2,(H,21,22,23). The maximum Gasteiger partial charge on any atom is 0.483 e. The van der Waals surface area contributed by atoms with Gasteiger partial charge < -0.3 is 4.74 Å². The molecule has 0 atom stereocenters. The fraction of sp³-hybridized carbons (Fsp3) is 1.00. The van der Waals surface area contributed by atoms with E-state index in [4.69, 9.17) is 4.55 Å². The fourth-order valence-corrected chi connectivity index (χ4v) is 1.57. The molecule has 27 heavy (non-hydrogen) atoms. The van der Waals surface area contributed by atoms with Gasteiger partial charge in [-0.05, 0) is 6.42 Å². The lowest BCUT2D eigenvalue weighted by Gasteiger charge is -2.31. The van der Waals surface area contributed by atoms with Gasteiger partial charge in [0.1, 0.15) is 6.61 Å². The van der Waals surface area contributed by atoms with Gasteiger partial charge in [0, 0.05) is 6.61 Å². The lowest BCUT2D eigenvalue weighted by molar-refractivity contribution is -0.537. The van der Waals surface area contributed by atoms with Gasteiger partial charge in [-0.15, -0.1) is 0 Å². The predicted molar refractivity (Wildman–Crippen MR) is 59.9 cm³/mol. The first-order valence-electron chi connectivity index (χ1n) is 6.13. The molecule has 0 aromatic carbocycles. The van der Waals surface area contributed by atoms with Gasteiger partial charge in [0.2, 0.25) is 0 Å². The molecule has 0 saturated carbocycles. The summed E-state index contributed by atoms with van der Waals surface area (Å²) >= 11 is 0. The summed E-state index contributed by atoms with van der Waals surface area (Å²) in [5, 5.41) is 0. The molecule has 0 bridgehead atoms. The van der Waals surface area contributed by atoms with Crippen molar-refractivity contribution in [2.24, 2.45) is 0 Å². The minimum atomic E-state index is -6.87. The minimum Gasteiger partial charge on any atom is -0.372 e. The molecule has 18 heteroatoms. The molecule has 0 amide bonds. The summed E-state index contributed by atoms with van der Waals surface area (Å²) in [7, 11) is -4.52. The third kappa shape index (κ3) is 8.71. The Morgan fingerprint density at radius 2 is 1.19 bits per heavy atom. The predicted octanol–water partition coefficient (Wildman–Crippen LogP) is 3.25. The molecule has 0 radical (unpaired) electrons. The number of hydrogen-bond donors (Lipinski definition) is 1. The van der Waals surface area contributed by atoms with Gasteiger partial charge in [0.05, 0.1) is 5.75 Å². The van der Waals surface area contributed by atoms with Crippen LogP contribution >= 0.6 is 0 Å². The SMILES string of the molecule is O=S(=O)(O)CCCOCC(F)(F)OC(F)(F)C(F)(F)OC(F)(F)C(F)(F)F. The number of hydrogen-bond acceptors (Lipinski definition) is 5. The molecule has 0 saturated heterocycles. The summed E-state index contributed by atoms with van der Waals surface area (Å²) in [6.07, 6.45) is -33.2. The first kappa shape index (κ1) is 26.0. The van der Waals surface area contributed by atoms with Gasteiger partial charge in [-0.3, -0.25) is 4.55 Å². The van der Waals surface area contributed by atoms with E-state index in [1.165, 1.54) is 0 Å². The minimum absolute atomic E-state index is 0.650. The van der Waals surface area contributed by atoms with Crippen LogP contribution in [0.1, 0.15) is 6.42 Å². The Labute approximate surface area is 142 Å². The van der Waals surface area contributed by atoms with E-state index in [0.29, 0.717) is 0 Å². The second-order valence-corrected chi connectivity index (χ2v) is 6.15. The molecule has 0 unspecified atom stereocenters. The highest BCUT2D eigenvalue weighted by molar-refractivity contribution is 7.85. The Kier molecular flexibility index (Phi) is 7.88. The van der Waals surface area contributed by atoms with E-state index in [-0.39, 0.29) is 0 Å². The molecule has 0 rings (SSSR count). The molecule has 164 valence electrons. The van der Waals surface area contributed by atoms with Crippen LogP contribution in [0.4, 0.5) is 48.3 Å². The lowest BCUT2D eigenvalue weighted by Crippen LogP contribution is -2.55. The molecule has 0 aliphatic heterocycles. The normalized spacial score (nSPS) is 15.3. The molecular formula is C9H9F11O6S. The van der Waals surface area contributed by atoms with Crippen molar-refractivity contribution in [3.05, 3.63) is 0 Å². The molecule has 6 nitrogen and oxygen atoms in total. The quantitative estimate of drug-likeness (QED) is 0.293. The molecule has 0 aromatic rings. The lowest BCUT2D eigenvalue weighted by atomic mass is 10.5. The van der Waals surface area contributed by atoms with E-state index in [0.717, 1.165) is 0 Å². The monoisotopic (exact) mass is 454 g/mol. The maximum atomic E-state index is 13.0. The second-order valence-electron chi connectivity index (χ2n) is 4.58. The third-order valence-corrected chi connectivity index (χ3v) is 2.97. The Morgan fingerprint density at radius 3 is 1.59 bits per heavy atom. The Balaban J connectivity index is 4.89. The highest BCUT2D eigenvalue weighted by Gasteiger charge is 2.72. The zero-order valence-corrected chi connectivity index (χ0v) is 13.2. The molecule has 0 fully saturated rings. The largest absolute Gasteiger partial charge is 0.483 e. The number of ether oxygens (including phenoxy) is 3. The summed E-state index contributed by atoms with van der Waals surface area (Å²) in [5.74, 6) is -1.01. The van der Waals surface area contributed by atoms with Crippen molar-refractivity contribution in [3.63, 3.8) is 0 Å². The maximum absolute atomic E-state index is 13.0. The fourth-order valence-electron chi connectivity index (χ4n) is 1.09. The first-order chi connectivity index (χ1) is 11.6. The smallest absolute Gasteiger partial charge is 0.372 e. The van der Waals surface area contributed by atoms with Crippen LogP contribution in [0.3, 0.4) is 0 Å². The van der Waals surface area contributed by atoms with Crippen molar-refractivity contribution < 1.29 is 75.5 Å². The Morgan fingerprint density at radius 1 is 0.741 bits per heavy atom. The van der Waals surface area contributed by atoms with Gasteiger partial charge in [0.15, 0.2) is 0 Å². The van der Waals surface area contributed by atoms with Crippen molar-refractivity contribution in [3.8, 4) is 0 Å². The van der Waals surface area contributed by atoms with E-state index >= 15 is 0 Å². The van der Waals surface area contributed by atoms with Crippen LogP contribution < -0.4 is 0 Å². The third-order valence-electron chi connectivity index (χ3n) is 2.16. The molecule has 0 spiro atoms. The summed E-state index contributed by atoms with van der Waals surface area (Å²) in [5.41, 5.74) is 0. The zero-order valence-electron chi connectivity index (χ0n) is 12.4. The van der Waals surface area contributed by atoms with Crippen molar-refractivity contribution in [2.75, 3.05) is 19.0 Å². The van der Waals surface area contributed by atoms with Gasteiger partial charge >= 0.3 is 30.6 Å². The van der Waals surface area contributed by atoms with Gasteiger partial charge in [-0.25, -0.2) is 9.47 Å². The van der Waals surface area contributed by atoms with E-state index in [1.54, 1.807) is 4.74 Å². The van der Waals surface area contributed by atoms with E-state index < -0.39 is 66.1 Å². The number of alkyl halides is 11. The van der Waals surface area contributed by atoms with Crippen molar-refractivity contribution in [1.29, 1.82) is 0 Å². The zero-order chi connectivity index (χ0) is 21.9. The summed E-state index contributed by atoms with van der Waals surface area (Å²) in [6.45, 7) is -3.19. The second kappa shape index (κ2) is 8.18. The Bertz CT molecular complexity index is 588. The molecule has 0 heterocycles. The van der Waals surface area contributed by atoms with Crippen LogP contribution in [0, 0.1) is 0 Å². The Hall–Kier alpha value is -0.980. The summed E-state index contributed by atoms with van der Waals surface area (Å²) < 4.78 is 174. The highest BCUT2D eigenvalue weighted by Crippen LogP contribution is 2.47. The van der Waals surface area contributed by atoms with Gasteiger partial charge in [0.25, 0.3) is 10.1 Å². The van der Waals surface area contributed by atoms with Gasteiger partial charge in [-0.1, -0.05) is 0 Å². The van der Waals surface area contributed by atoms with Crippen molar-refractivity contribution in [2.45, 2.75) is 37.0 Å². The highest BCUT2D eigenvalue weighted by atomic mass is 32.2. The van der Waals surface area contributed by atoms with Crippen LogP contribution in [-0.4, -0.2) is 62.5 Å². The van der Waals surface area contributed by atoms with Crippen LogP contribution in [0.25, 0.3) is 0 Å². The first-order valence-corrected chi connectivity index (χ1v) is 7.74. The molecular weight excluding hydrogens is 445 g/mol. The van der Waals surface area contributed by atoms with E-state index in [2.05, 4.69) is 9.47 Å². The average molecular weight is 454 g/mol. The average Bonchev–Trinajstić information content (AvgIpc) is 2.32. The molecule has 0 aliphatic rings. The van der Waals surface area contributed by atoms with Crippen LogP contribution in [0.2, 0.25) is 0 Å². The summed E-state index contributed by atoms with van der Waals surface area (Å²) in [4.78, 5) is 0. The van der Waals surface area contributed by atoms with Crippen molar-refractivity contribution in [1.82, 2.24) is 0 Å². The van der Waals surface area contributed by atoms with Gasteiger partial charge in [-0.2, -0.15) is 56.7 Å². The van der Waals surface area contributed by atoms with Crippen LogP contribution in [0.5, 0.6) is 0 Å². The van der Waals surface area contributed by atoms with Crippen LogP contribution in [-0.2, 0) is 24.3 Å². The number of halogens is 11. The molecule has 1 N–H and O–H groups in total. The topological polar surface area (TPSA) is 82.1 Å². The summed E-state index contributed by atoms with van der Waals surface area (Å²) in [6, 6.07) is 0. The number of rotatable bonds is 11. The molecule has 0 aromatic heterocycles. The van der Waals surface area contributed by atoms with Crippen molar-refractivity contribution >= 4 is 10.1 Å². The molecule has 0 aliphatic carbocycles.